The molecule has 2 aromatic carbocycles. The third-order valence-electron chi connectivity index (χ3n) is 4.12. The normalized spacial score (nSPS) is 11.6. The largest absolute Gasteiger partial charge is 0.325 e. The van der Waals surface area contributed by atoms with Crippen LogP contribution in [0, 0.1) is 13.8 Å². The summed E-state index contributed by atoms with van der Waals surface area (Å²) >= 11 is 1.49. The number of para-hydroxylation sites is 2. The summed E-state index contributed by atoms with van der Waals surface area (Å²) in [6, 6.07) is 18.2. The molecule has 0 saturated carbocycles. The van der Waals surface area contributed by atoms with Crippen LogP contribution < -0.4 is 10.6 Å². The first-order chi connectivity index (χ1) is 13.2. The molecule has 0 spiro atoms. The Hall–Kier alpha value is -3.25. The summed E-state index contributed by atoms with van der Waals surface area (Å²) in [7, 11) is 0. The molecule has 0 amide bonds. The molecule has 0 aliphatic carbocycles. The van der Waals surface area contributed by atoms with Crippen LogP contribution >= 0.6 is 11.3 Å². The minimum atomic E-state index is 0.620. The number of thiazole rings is 1. The highest BCUT2D eigenvalue weighted by Crippen LogP contribution is 2.24. The van der Waals surface area contributed by atoms with Crippen molar-refractivity contribution in [2.75, 3.05) is 10.6 Å². The number of aromatic nitrogens is 2. The minimum Gasteiger partial charge on any atom is -0.325 e. The Morgan fingerprint density at radius 1 is 0.963 bits per heavy atom. The smallest absolute Gasteiger partial charge is 0.212 e. The van der Waals surface area contributed by atoms with Crippen LogP contribution in [-0.4, -0.2) is 15.9 Å². The molecule has 2 aromatic heterocycles. The molecule has 4 aromatic rings. The summed E-state index contributed by atoms with van der Waals surface area (Å²) in [6.07, 6.45) is 1.75. The number of rotatable bonds is 3. The first-order valence-electron chi connectivity index (χ1n) is 8.63. The van der Waals surface area contributed by atoms with Crippen molar-refractivity contribution < 1.29 is 0 Å². The standard InChI is InChI=1S/C21H19N5S/c1-14-7-3-5-9-17(14)24-20(26-21-22-11-12-27-21)25-19-13-15(2)23-18-10-6-4-8-16(18)19/h3-13H,1-2H3,(H2,22,23,24,25,26). The summed E-state index contributed by atoms with van der Waals surface area (Å²) in [4.78, 5) is 13.6. The number of pyridine rings is 1. The summed E-state index contributed by atoms with van der Waals surface area (Å²) in [5.74, 6) is 0.620. The van der Waals surface area contributed by atoms with E-state index in [-0.39, 0.29) is 0 Å². The van der Waals surface area contributed by atoms with E-state index in [0.29, 0.717) is 11.1 Å². The van der Waals surface area contributed by atoms with Gasteiger partial charge in [0.2, 0.25) is 11.1 Å². The Morgan fingerprint density at radius 2 is 1.74 bits per heavy atom. The zero-order valence-electron chi connectivity index (χ0n) is 15.1. The molecule has 2 heterocycles. The van der Waals surface area contributed by atoms with Crippen LogP contribution in [0.5, 0.6) is 0 Å². The number of nitrogens with one attached hydrogen (secondary N) is 2. The maximum absolute atomic E-state index is 4.67. The van der Waals surface area contributed by atoms with Gasteiger partial charge < -0.3 is 10.6 Å². The molecule has 0 aliphatic rings. The highest BCUT2D eigenvalue weighted by atomic mass is 32.1. The van der Waals surface area contributed by atoms with Gasteiger partial charge in [0.05, 0.1) is 11.2 Å². The molecule has 0 atom stereocenters. The van der Waals surface area contributed by atoms with E-state index in [1.807, 2.05) is 54.8 Å². The lowest BCUT2D eigenvalue weighted by Crippen LogP contribution is -2.22. The van der Waals surface area contributed by atoms with E-state index in [4.69, 9.17) is 0 Å². The van der Waals surface area contributed by atoms with E-state index >= 15 is 0 Å². The number of aliphatic imine (C=N–C) groups is 1. The van der Waals surface area contributed by atoms with Crippen LogP contribution in [0.4, 0.5) is 16.5 Å². The Labute approximate surface area is 161 Å². The fourth-order valence-corrected chi connectivity index (χ4v) is 3.34. The SMILES string of the molecule is Cc1cc(N/C(=N\c2nccs2)Nc2ccccc2C)c2ccccc2n1. The fraction of sp³-hybridized carbons (Fsp3) is 0.0952. The number of benzene rings is 2. The van der Waals surface area contributed by atoms with Gasteiger partial charge in [0.15, 0.2) is 0 Å². The second-order valence-electron chi connectivity index (χ2n) is 6.17. The van der Waals surface area contributed by atoms with E-state index in [1.54, 1.807) is 6.20 Å². The van der Waals surface area contributed by atoms with Gasteiger partial charge in [-0.05, 0) is 37.6 Å². The van der Waals surface area contributed by atoms with Crippen molar-refractivity contribution in [3.8, 4) is 0 Å². The Kier molecular flexibility index (Phi) is 4.80. The molecule has 27 heavy (non-hydrogen) atoms. The minimum absolute atomic E-state index is 0.620. The average molecular weight is 373 g/mol. The molecule has 2 N–H and O–H groups in total. The van der Waals surface area contributed by atoms with Crippen molar-refractivity contribution in [1.82, 2.24) is 9.97 Å². The van der Waals surface area contributed by atoms with Gasteiger partial charge in [0.1, 0.15) is 0 Å². The molecule has 0 fully saturated rings. The highest BCUT2D eigenvalue weighted by molar-refractivity contribution is 7.13. The number of nitrogens with zero attached hydrogens (tertiary/aromatic N) is 3. The second-order valence-corrected chi connectivity index (χ2v) is 7.04. The number of hydrogen-bond donors (Lipinski definition) is 2. The van der Waals surface area contributed by atoms with Gasteiger partial charge in [0, 0.05) is 28.3 Å². The zero-order valence-corrected chi connectivity index (χ0v) is 15.9. The fourth-order valence-electron chi connectivity index (χ4n) is 2.83. The number of aryl methyl sites for hydroxylation is 2. The first-order valence-corrected chi connectivity index (χ1v) is 9.51. The molecule has 0 unspecified atom stereocenters. The first kappa shape index (κ1) is 17.2. The van der Waals surface area contributed by atoms with E-state index in [1.165, 1.54) is 11.3 Å². The summed E-state index contributed by atoms with van der Waals surface area (Å²) in [5, 5.41) is 10.5. The molecular weight excluding hydrogens is 354 g/mol. The lowest BCUT2D eigenvalue weighted by Gasteiger charge is -2.15. The number of hydrogen-bond acceptors (Lipinski definition) is 4. The lowest BCUT2D eigenvalue weighted by atomic mass is 10.1. The Balaban J connectivity index is 1.75. The molecule has 4 rings (SSSR count). The van der Waals surface area contributed by atoms with Crippen LogP contribution in [0.15, 0.2) is 71.2 Å². The maximum Gasteiger partial charge on any atom is 0.212 e. The number of guanidine groups is 1. The zero-order chi connectivity index (χ0) is 18.6. The van der Waals surface area contributed by atoms with Gasteiger partial charge >= 0.3 is 0 Å². The van der Waals surface area contributed by atoms with E-state index in [2.05, 4.69) is 44.7 Å². The van der Waals surface area contributed by atoms with Crippen molar-refractivity contribution in [3.63, 3.8) is 0 Å². The molecule has 0 bridgehead atoms. The molecular formula is C21H19N5S. The predicted octanol–water partition coefficient (Wildman–Crippen LogP) is 5.52. The summed E-state index contributed by atoms with van der Waals surface area (Å²) < 4.78 is 0. The molecule has 0 radical (unpaired) electrons. The molecule has 0 aliphatic heterocycles. The van der Waals surface area contributed by atoms with Gasteiger partial charge in [0.25, 0.3) is 0 Å². The van der Waals surface area contributed by atoms with E-state index < -0.39 is 0 Å². The van der Waals surface area contributed by atoms with Crippen molar-refractivity contribution in [2.45, 2.75) is 13.8 Å². The average Bonchev–Trinajstić information content (AvgIpc) is 3.16. The molecule has 0 saturated heterocycles. The third kappa shape index (κ3) is 3.96. The highest BCUT2D eigenvalue weighted by Gasteiger charge is 2.09. The van der Waals surface area contributed by atoms with E-state index in [9.17, 15) is 0 Å². The van der Waals surface area contributed by atoms with Crippen LogP contribution in [0.2, 0.25) is 0 Å². The van der Waals surface area contributed by atoms with Gasteiger partial charge in [-0.1, -0.05) is 36.4 Å². The molecule has 5 nitrogen and oxygen atoms in total. The van der Waals surface area contributed by atoms with Crippen molar-refractivity contribution in [1.29, 1.82) is 0 Å². The molecule has 134 valence electrons. The lowest BCUT2D eigenvalue weighted by molar-refractivity contribution is 1.25. The predicted molar refractivity (Wildman–Crippen MR) is 114 cm³/mol. The topological polar surface area (TPSA) is 62.2 Å². The quantitative estimate of drug-likeness (QED) is 0.367. The monoisotopic (exact) mass is 373 g/mol. The van der Waals surface area contributed by atoms with E-state index in [0.717, 1.165) is 33.5 Å². The third-order valence-corrected chi connectivity index (χ3v) is 4.79. The van der Waals surface area contributed by atoms with Gasteiger partial charge in [-0.3, -0.25) is 4.98 Å². The molecule has 6 heteroatoms. The van der Waals surface area contributed by atoms with Crippen LogP contribution in [0.25, 0.3) is 10.9 Å². The van der Waals surface area contributed by atoms with Crippen molar-refractivity contribution in [2.24, 2.45) is 4.99 Å². The summed E-state index contributed by atoms with van der Waals surface area (Å²) in [6.45, 7) is 4.05. The summed E-state index contributed by atoms with van der Waals surface area (Å²) in [5.41, 5.74) is 4.98. The van der Waals surface area contributed by atoms with Crippen LogP contribution in [0.3, 0.4) is 0 Å². The van der Waals surface area contributed by atoms with Gasteiger partial charge in [-0.15, -0.1) is 11.3 Å². The van der Waals surface area contributed by atoms with Crippen LogP contribution in [-0.2, 0) is 0 Å². The van der Waals surface area contributed by atoms with Crippen molar-refractivity contribution in [3.05, 3.63) is 77.4 Å². The Morgan fingerprint density at radius 3 is 2.56 bits per heavy atom. The number of anilines is 2. The van der Waals surface area contributed by atoms with Gasteiger partial charge in [-0.25, -0.2) is 4.98 Å². The maximum atomic E-state index is 4.67. The Bertz CT molecular complexity index is 1100. The van der Waals surface area contributed by atoms with Crippen LogP contribution in [0.1, 0.15) is 11.3 Å². The number of fused-ring (bicyclic) bond motifs is 1. The second kappa shape index (κ2) is 7.55. The van der Waals surface area contributed by atoms with Gasteiger partial charge in [-0.2, -0.15) is 4.99 Å². The van der Waals surface area contributed by atoms with Crippen molar-refractivity contribution >= 4 is 44.7 Å².